The van der Waals surface area contributed by atoms with Crippen molar-refractivity contribution in [3.63, 3.8) is 0 Å². The van der Waals surface area contributed by atoms with Crippen LogP contribution in [-0.2, 0) is 6.54 Å². The maximum atomic E-state index is 12.9. The fourth-order valence-electron chi connectivity index (χ4n) is 0.970. The first-order valence-corrected chi connectivity index (χ1v) is 5.19. The van der Waals surface area contributed by atoms with E-state index in [4.69, 9.17) is 5.11 Å². The molecule has 5 nitrogen and oxygen atoms in total. The highest BCUT2D eigenvalue weighted by atomic mass is 79.9. The summed E-state index contributed by atoms with van der Waals surface area (Å²) in [5.41, 5.74) is -1.12. The second-order valence-electron chi connectivity index (χ2n) is 3.21. The van der Waals surface area contributed by atoms with Gasteiger partial charge in [-0.25, -0.2) is 4.79 Å². The lowest BCUT2D eigenvalue weighted by molar-refractivity contribution is 0.330. The lowest BCUT2D eigenvalue weighted by Crippen LogP contribution is -2.31. The predicted octanol–water partition coefficient (Wildman–Crippen LogP) is 0.337. The summed E-state index contributed by atoms with van der Waals surface area (Å²) in [6, 6.07) is 0. The molecule has 0 amide bonds. The first kappa shape index (κ1) is 12.9. The fraction of sp³-hybridized carbons (Fsp3) is 0.333. The van der Waals surface area contributed by atoms with Crippen molar-refractivity contribution in [1.82, 2.24) is 9.55 Å². The van der Waals surface area contributed by atoms with Gasteiger partial charge in [-0.05, 0) is 12.5 Å². The number of allylic oxidation sites excluding steroid dienone is 1. The van der Waals surface area contributed by atoms with Gasteiger partial charge in [-0.2, -0.15) is 4.39 Å². The van der Waals surface area contributed by atoms with Crippen LogP contribution in [-0.4, -0.2) is 21.3 Å². The first-order valence-electron chi connectivity index (χ1n) is 4.40. The molecule has 0 aliphatic carbocycles. The van der Waals surface area contributed by atoms with Crippen LogP contribution < -0.4 is 11.2 Å². The van der Waals surface area contributed by atoms with Gasteiger partial charge in [0.1, 0.15) is 0 Å². The van der Waals surface area contributed by atoms with Crippen LogP contribution in [0.2, 0.25) is 0 Å². The first-order chi connectivity index (χ1) is 7.45. The maximum absolute atomic E-state index is 12.9. The van der Waals surface area contributed by atoms with Crippen molar-refractivity contribution in [3.05, 3.63) is 42.9 Å². The average Bonchev–Trinajstić information content (AvgIpc) is 2.24. The summed E-state index contributed by atoms with van der Waals surface area (Å²) in [6.07, 6.45) is 0.826. The van der Waals surface area contributed by atoms with Crippen LogP contribution in [0, 0.1) is 5.82 Å². The number of aromatic nitrogens is 2. The van der Waals surface area contributed by atoms with Crippen molar-refractivity contribution in [2.45, 2.75) is 13.5 Å². The van der Waals surface area contributed by atoms with Crippen LogP contribution in [0.3, 0.4) is 0 Å². The van der Waals surface area contributed by atoms with E-state index in [-0.39, 0.29) is 13.2 Å². The Kier molecular flexibility index (Phi) is 4.19. The van der Waals surface area contributed by atoms with Gasteiger partial charge in [-0.15, -0.1) is 0 Å². The molecule has 2 N–H and O–H groups in total. The zero-order valence-corrected chi connectivity index (χ0v) is 10.0. The summed E-state index contributed by atoms with van der Waals surface area (Å²) in [6.45, 7) is 1.55. The number of aliphatic hydroxyl groups is 1. The largest absolute Gasteiger partial charge is 0.392 e. The minimum Gasteiger partial charge on any atom is -0.392 e. The summed E-state index contributed by atoms with van der Waals surface area (Å²) in [5, 5.41) is 8.84. The van der Waals surface area contributed by atoms with Crippen LogP contribution in [0.1, 0.15) is 6.92 Å². The molecule has 1 rings (SSSR count). The normalized spacial score (nSPS) is 12.5. The molecular weight excluding hydrogens is 283 g/mol. The van der Waals surface area contributed by atoms with E-state index in [2.05, 4.69) is 15.9 Å². The van der Waals surface area contributed by atoms with E-state index in [1.807, 2.05) is 4.98 Å². The molecule has 0 bridgehead atoms. The van der Waals surface area contributed by atoms with E-state index in [0.717, 1.165) is 10.8 Å². The molecule has 1 aromatic rings. The number of H-pyrrole nitrogens is 1. The van der Waals surface area contributed by atoms with E-state index in [1.165, 1.54) is 0 Å². The van der Waals surface area contributed by atoms with Crippen molar-refractivity contribution in [1.29, 1.82) is 0 Å². The van der Waals surface area contributed by atoms with Crippen LogP contribution in [0.15, 0.2) is 25.8 Å². The molecule has 0 atom stereocenters. The number of nitrogens with one attached hydrogen (secondary N) is 1. The number of aromatic amines is 1. The molecule has 0 aliphatic heterocycles. The van der Waals surface area contributed by atoms with Crippen molar-refractivity contribution >= 4 is 15.9 Å². The molecule has 0 saturated carbocycles. The highest BCUT2D eigenvalue weighted by Gasteiger charge is 2.06. The number of aliphatic hydroxyl groups excluding tert-OH is 1. The molecular formula is C9H10BrFN2O3. The molecule has 0 aromatic carbocycles. The molecule has 88 valence electrons. The van der Waals surface area contributed by atoms with Crippen LogP contribution in [0.4, 0.5) is 4.39 Å². The Morgan fingerprint density at radius 3 is 2.81 bits per heavy atom. The van der Waals surface area contributed by atoms with Gasteiger partial charge in [0.2, 0.25) is 5.82 Å². The molecule has 1 heterocycles. The Morgan fingerprint density at radius 1 is 1.62 bits per heavy atom. The van der Waals surface area contributed by atoms with Gasteiger partial charge in [-0.1, -0.05) is 15.9 Å². The van der Waals surface area contributed by atoms with Gasteiger partial charge in [0, 0.05) is 4.48 Å². The predicted molar refractivity (Wildman–Crippen MR) is 60.0 cm³/mol. The van der Waals surface area contributed by atoms with Crippen molar-refractivity contribution in [2.75, 3.05) is 6.61 Å². The molecule has 0 spiro atoms. The standard InChI is InChI=1S/C9H10BrFN2O3/c1-5(4-14)6(10)2-13-3-7(11)8(15)12-9(13)16/h3,14H,2,4H2,1H3,(H,12,15,16)/b6-5+. The third-order valence-electron chi connectivity index (χ3n) is 1.98. The summed E-state index contributed by atoms with van der Waals surface area (Å²) >= 11 is 3.16. The monoisotopic (exact) mass is 292 g/mol. The van der Waals surface area contributed by atoms with Crippen LogP contribution in [0.5, 0.6) is 0 Å². The van der Waals surface area contributed by atoms with E-state index < -0.39 is 17.1 Å². The Balaban J connectivity index is 3.13. The molecule has 7 heteroatoms. The Bertz CT molecular complexity index is 532. The summed E-state index contributed by atoms with van der Waals surface area (Å²) in [5.74, 6) is -1.03. The number of rotatable bonds is 3. The van der Waals surface area contributed by atoms with Gasteiger partial charge >= 0.3 is 5.69 Å². The average molecular weight is 293 g/mol. The lowest BCUT2D eigenvalue weighted by atomic mass is 10.3. The van der Waals surface area contributed by atoms with Gasteiger partial charge < -0.3 is 5.11 Å². The Hall–Kier alpha value is -1.21. The van der Waals surface area contributed by atoms with E-state index >= 15 is 0 Å². The number of nitrogens with zero attached hydrogens (tertiary/aromatic N) is 1. The molecule has 0 saturated heterocycles. The second-order valence-corrected chi connectivity index (χ2v) is 4.16. The molecule has 0 fully saturated rings. The molecule has 1 aromatic heterocycles. The summed E-state index contributed by atoms with van der Waals surface area (Å²) in [7, 11) is 0. The lowest BCUT2D eigenvalue weighted by Gasteiger charge is -2.06. The van der Waals surface area contributed by atoms with Crippen molar-refractivity contribution in [3.8, 4) is 0 Å². The van der Waals surface area contributed by atoms with Crippen molar-refractivity contribution < 1.29 is 9.50 Å². The van der Waals surface area contributed by atoms with E-state index in [0.29, 0.717) is 10.1 Å². The van der Waals surface area contributed by atoms with Gasteiger partial charge in [0.15, 0.2) is 0 Å². The Labute approximate surface area is 98.4 Å². The Morgan fingerprint density at radius 2 is 2.25 bits per heavy atom. The van der Waals surface area contributed by atoms with Crippen LogP contribution >= 0.6 is 15.9 Å². The smallest absolute Gasteiger partial charge is 0.328 e. The van der Waals surface area contributed by atoms with Gasteiger partial charge in [0.25, 0.3) is 5.56 Å². The fourth-order valence-corrected chi connectivity index (χ4v) is 1.37. The summed E-state index contributed by atoms with van der Waals surface area (Å²) < 4.78 is 14.5. The minimum absolute atomic E-state index is 0.0545. The third-order valence-corrected chi connectivity index (χ3v) is 2.90. The molecule has 16 heavy (non-hydrogen) atoms. The topological polar surface area (TPSA) is 75.1 Å². The van der Waals surface area contributed by atoms with E-state index in [9.17, 15) is 14.0 Å². The molecule has 0 radical (unpaired) electrons. The van der Waals surface area contributed by atoms with Crippen LogP contribution in [0.25, 0.3) is 0 Å². The SMILES string of the molecule is C/C(CO)=C(\Br)Cn1cc(F)c(=O)[nH]c1=O. The highest BCUT2D eigenvalue weighted by molar-refractivity contribution is 9.11. The number of hydrogen-bond donors (Lipinski definition) is 2. The quantitative estimate of drug-likeness (QED) is 0.843. The van der Waals surface area contributed by atoms with E-state index in [1.54, 1.807) is 6.92 Å². The zero-order valence-electron chi connectivity index (χ0n) is 8.46. The molecule has 0 unspecified atom stereocenters. The number of hydrogen-bond acceptors (Lipinski definition) is 3. The van der Waals surface area contributed by atoms with Gasteiger partial charge in [-0.3, -0.25) is 14.3 Å². The minimum atomic E-state index is -1.04. The second kappa shape index (κ2) is 5.22. The maximum Gasteiger partial charge on any atom is 0.328 e. The third kappa shape index (κ3) is 2.89. The molecule has 0 aliphatic rings. The highest BCUT2D eigenvalue weighted by Crippen LogP contribution is 2.12. The number of halogens is 2. The zero-order chi connectivity index (χ0) is 12.3. The van der Waals surface area contributed by atoms with Crippen molar-refractivity contribution in [2.24, 2.45) is 0 Å². The summed E-state index contributed by atoms with van der Waals surface area (Å²) in [4.78, 5) is 23.9. The van der Waals surface area contributed by atoms with Gasteiger partial charge in [0.05, 0.1) is 19.3 Å².